The molecule has 0 aliphatic heterocycles. The van der Waals surface area contributed by atoms with Crippen molar-refractivity contribution in [3.05, 3.63) is 81.3 Å². The van der Waals surface area contributed by atoms with Gasteiger partial charge in [0, 0.05) is 36.8 Å². The van der Waals surface area contributed by atoms with Crippen LogP contribution in [0.4, 0.5) is 0 Å². The van der Waals surface area contributed by atoms with Crippen molar-refractivity contribution in [1.82, 2.24) is 14.1 Å². The summed E-state index contributed by atoms with van der Waals surface area (Å²) >= 11 is 0. The molecule has 0 aliphatic carbocycles. The summed E-state index contributed by atoms with van der Waals surface area (Å²) in [6, 6.07) is 7.76. The summed E-state index contributed by atoms with van der Waals surface area (Å²) in [6.45, 7) is 8.85. The van der Waals surface area contributed by atoms with E-state index < -0.39 is 0 Å². The molecule has 0 aliphatic rings. The lowest BCUT2D eigenvalue weighted by atomic mass is 10.0. The second kappa shape index (κ2) is 6.82. The third-order valence-electron chi connectivity index (χ3n) is 4.39. The van der Waals surface area contributed by atoms with Gasteiger partial charge in [-0.1, -0.05) is 12.0 Å². The number of hydrogen-bond acceptors (Lipinski definition) is 2. The van der Waals surface area contributed by atoms with Crippen LogP contribution in [-0.2, 0) is 6.54 Å². The fourth-order valence-corrected chi connectivity index (χ4v) is 2.73. The van der Waals surface area contributed by atoms with Crippen LogP contribution in [0.1, 0.15) is 35.0 Å². The van der Waals surface area contributed by atoms with E-state index >= 15 is 0 Å². The zero-order valence-electron chi connectivity index (χ0n) is 15.0. The maximum Gasteiger partial charge on any atom is 0.252 e. The zero-order chi connectivity index (χ0) is 18.0. The highest BCUT2D eigenvalue weighted by Crippen LogP contribution is 2.14. The second-order valence-corrected chi connectivity index (χ2v) is 6.13. The molecule has 0 radical (unpaired) electrons. The van der Waals surface area contributed by atoms with Crippen LogP contribution in [-0.4, -0.2) is 14.1 Å². The number of aromatic nitrogens is 3. The van der Waals surface area contributed by atoms with Gasteiger partial charge in [0.25, 0.3) is 5.56 Å². The molecule has 4 nitrogen and oxygen atoms in total. The minimum atomic E-state index is -0.0300. The predicted molar refractivity (Wildman–Crippen MR) is 100 cm³/mol. The standard InChI is InChI=1S/C21H21N3O/c1-5-23-10-8-19(14-21(23)25)24-11-9-22-20(24)7-6-18-13-16(3)15(2)12-17(18)4/h8-14H,5H2,1-4H3. The van der Waals surface area contributed by atoms with Gasteiger partial charge in [-0.25, -0.2) is 4.98 Å². The number of aryl methyl sites for hydroxylation is 4. The fourth-order valence-electron chi connectivity index (χ4n) is 2.73. The van der Waals surface area contributed by atoms with Gasteiger partial charge < -0.3 is 4.57 Å². The summed E-state index contributed by atoms with van der Waals surface area (Å²) in [7, 11) is 0. The van der Waals surface area contributed by atoms with Crippen LogP contribution >= 0.6 is 0 Å². The number of hydrogen-bond donors (Lipinski definition) is 0. The van der Waals surface area contributed by atoms with Crippen molar-refractivity contribution in [2.24, 2.45) is 0 Å². The molecule has 3 rings (SSSR count). The Morgan fingerprint density at radius 1 is 1.00 bits per heavy atom. The third kappa shape index (κ3) is 3.41. The van der Waals surface area contributed by atoms with Crippen molar-refractivity contribution in [3.63, 3.8) is 0 Å². The van der Waals surface area contributed by atoms with Gasteiger partial charge in [-0.3, -0.25) is 9.36 Å². The lowest BCUT2D eigenvalue weighted by molar-refractivity contribution is 0.724. The van der Waals surface area contributed by atoms with Gasteiger partial charge >= 0.3 is 0 Å². The molecule has 4 heteroatoms. The molecule has 0 N–H and O–H groups in total. The van der Waals surface area contributed by atoms with E-state index in [0.29, 0.717) is 12.4 Å². The van der Waals surface area contributed by atoms with Gasteiger partial charge in [0.2, 0.25) is 0 Å². The largest absolute Gasteiger partial charge is 0.316 e. The van der Waals surface area contributed by atoms with E-state index in [1.165, 1.54) is 11.1 Å². The molecule has 0 unspecified atom stereocenters. The summed E-state index contributed by atoms with van der Waals surface area (Å²) in [4.78, 5) is 16.4. The Morgan fingerprint density at radius 2 is 1.76 bits per heavy atom. The molecular formula is C21H21N3O. The lowest BCUT2D eigenvalue weighted by Crippen LogP contribution is -2.18. The Bertz CT molecular complexity index is 1040. The van der Waals surface area contributed by atoms with Crippen molar-refractivity contribution in [2.45, 2.75) is 34.2 Å². The fraction of sp³-hybridized carbons (Fsp3) is 0.238. The minimum absolute atomic E-state index is 0.0300. The molecule has 0 fully saturated rings. The SMILES string of the molecule is CCn1ccc(-n2ccnc2C#Cc2cc(C)c(C)cc2C)cc1=O. The number of rotatable bonds is 2. The van der Waals surface area contributed by atoms with E-state index in [4.69, 9.17) is 0 Å². The van der Waals surface area contributed by atoms with Crippen LogP contribution in [0.3, 0.4) is 0 Å². The first-order valence-corrected chi connectivity index (χ1v) is 8.33. The lowest BCUT2D eigenvalue weighted by Gasteiger charge is -2.06. The van der Waals surface area contributed by atoms with Crippen molar-refractivity contribution in [2.75, 3.05) is 0 Å². The summed E-state index contributed by atoms with van der Waals surface area (Å²) < 4.78 is 3.50. The van der Waals surface area contributed by atoms with E-state index in [1.54, 1.807) is 23.0 Å². The summed E-state index contributed by atoms with van der Waals surface area (Å²) in [5, 5.41) is 0. The van der Waals surface area contributed by atoms with Gasteiger partial charge in [-0.15, -0.1) is 0 Å². The van der Waals surface area contributed by atoms with E-state index in [-0.39, 0.29) is 5.56 Å². The number of nitrogens with zero attached hydrogens (tertiary/aromatic N) is 3. The minimum Gasteiger partial charge on any atom is -0.316 e. The van der Waals surface area contributed by atoms with Crippen molar-refractivity contribution in [3.8, 4) is 17.5 Å². The van der Waals surface area contributed by atoms with Crippen LogP contribution in [0.25, 0.3) is 5.69 Å². The van der Waals surface area contributed by atoms with E-state index in [9.17, 15) is 4.79 Å². The smallest absolute Gasteiger partial charge is 0.252 e. The monoisotopic (exact) mass is 331 g/mol. The second-order valence-electron chi connectivity index (χ2n) is 6.13. The van der Waals surface area contributed by atoms with Crippen LogP contribution in [0.5, 0.6) is 0 Å². The Balaban J connectivity index is 2.01. The molecule has 0 amide bonds. The van der Waals surface area contributed by atoms with E-state index in [1.807, 2.05) is 23.8 Å². The van der Waals surface area contributed by atoms with Crippen molar-refractivity contribution in [1.29, 1.82) is 0 Å². The molecular weight excluding hydrogens is 310 g/mol. The maximum absolute atomic E-state index is 12.1. The summed E-state index contributed by atoms with van der Waals surface area (Å²) in [5.74, 6) is 6.97. The van der Waals surface area contributed by atoms with E-state index in [0.717, 1.165) is 16.8 Å². The average Bonchev–Trinajstić information content (AvgIpc) is 3.05. The average molecular weight is 331 g/mol. The van der Waals surface area contributed by atoms with Gasteiger partial charge in [0.15, 0.2) is 5.82 Å². The molecule has 2 heterocycles. The first-order valence-electron chi connectivity index (χ1n) is 8.33. The van der Waals surface area contributed by atoms with Crippen LogP contribution < -0.4 is 5.56 Å². The topological polar surface area (TPSA) is 39.8 Å². The highest BCUT2D eigenvalue weighted by atomic mass is 16.1. The van der Waals surface area contributed by atoms with Gasteiger partial charge in [-0.2, -0.15) is 0 Å². The molecule has 3 aromatic rings. The first-order chi connectivity index (χ1) is 12.0. The highest BCUT2D eigenvalue weighted by Gasteiger charge is 2.05. The molecule has 0 saturated carbocycles. The molecule has 0 spiro atoms. The first kappa shape index (κ1) is 16.8. The molecule has 1 aromatic carbocycles. The summed E-state index contributed by atoms with van der Waals surface area (Å²) in [6.07, 6.45) is 5.31. The number of benzene rings is 1. The van der Waals surface area contributed by atoms with Gasteiger partial charge in [-0.05, 0) is 62.4 Å². The Hall–Kier alpha value is -3.06. The van der Waals surface area contributed by atoms with Gasteiger partial charge in [0.05, 0.1) is 5.69 Å². The quantitative estimate of drug-likeness (QED) is 0.675. The maximum atomic E-state index is 12.1. The Kier molecular flexibility index (Phi) is 4.58. The zero-order valence-corrected chi connectivity index (χ0v) is 15.0. The number of pyridine rings is 1. The third-order valence-corrected chi connectivity index (χ3v) is 4.39. The highest BCUT2D eigenvalue weighted by molar-refractivity contribution is 5.48. The van der Waals surface area contributed by atoms with Gasteiger partial charge in [0.1, 0.15) is 0 Å². The molecule has 2 aromatic heterocycles. The molecule has 126 valence electrons. The van der Waals surface area contributed by atoms with Crippen molar-refractivity contribution >= 4 is 0 Å². The molecule has 25 heavy (non-hydrogen) atoms. The Morgan fingerprint density at radius 3 is 2.48 bits per heavy atom. The van der Waals surface area contributed by atoms with E-state index in [2.05, 4.69) is 49.7 Å². The Labute approximate surface area is 147 Å². The van der Waals surface area contributed by atoms with Crippen LogP contribution in [0.2, 0.25) is 0 Å². The normalized spacial score (nSPS) is 10.4. The molecule has 0 saturated heterocycles. The van der Waals surface area contributed by atoms with Crippen molar-refractivity contribution < 1.29 is 0 Å². The summed E-state index contributed by atoms with van der Waals surface area (Å²) in [5.41, 5.74) is 5.38. The number of imidazole rings is 1. The van der Waals surface area contributed by atoms with Crippen LogP contribution in [0, 0.1) is 32.6 Å². The van der Waals surface area contributed by atoms with Crippen LogP contribution in [0.15, 0.2) is 47.7 Å². The molecule has 0 atom stereocenters. The molecule has 0 bridgehead atoms. The predicted octanol–water partition coefficient (Wildman–Crippen LogP) is 3.38.